The third kappa shape index (κ3) is 17.7. The topological polar surface area (TPSA) is 415 Å². The van der Waals surface area contributed by atoms with Gasteiger partial charge in [0.25, 0.3) is 0 Å². The molecule has 2 atom stereocenters. The van der Waals surface area contributed by atoms with Gasteiger partial charge >= 0.3 is 32.6 Å². The van der Waals surface area contributed by atoms with Crippen LogP contribution in [0.15, 0.2) is 107 Å². The molecule has 0 radical (unpaired) electrons. The third-order valence-corrected chi connectivity index (χ3v) is 28.4. The molecule has 7 aromatic heterocycles. The predicted octanol–water partition coefficient (Wildman–Crippen LogP) is 12.8. The number of anilines is 1. The number of benzene rings is 4. The summed E-state index contributed by atoms with van der Waals surface area (Å²) in [7, 11) is -2.47. The van der Waals surface area contributed by atoms with Crippen molar-refractivity contribution in [2.45, 2.75) is 150 Å². The van der Waals surface area contributed by atoms with Crippen LogP contribution in [0.25, 0.3) is 66.3 Å². The van der Waals surface area contributed by atoms with Crippen molar-refractivity contribution in [3.05, 3.63) is 147 Å². The number of likely N-dealkylation sites (tertiary alicyclic amines) is 2. The van der Waals surface area contributed by atoms with Gasteiger partial charge in [0, 0.05) is 148 Å². The summed E-state index contributed by atoms with van der Waals surface area (Å²) in [6.45, 7) is 19.9. The van der Waals surface area contributed by atoms with Gasteiger partial charge in [-0.2, -0.15) is 36.0 Å². The number of imidazole rings is 4. The summed E-state index contributed by atoms with van der Waals surface area (Å²) in [4.78, 5) is 69.2. The smallest absolute Gasteiger partial charge is 0.410 e. The molecule has 0 bridgehead atoms. The van der Waals surface area contributed by atoms with E-state index in [-0.39, 0.29) is 85.4 Å². The predicted molar refractivity (Wildman–Crippen MR) is 467 cm³/mol. The molecule has 37 heteroatoms. The number of nitriles is 2. The number of amides is 2. The number of carbonyl (C=O) groups excluding carboxylic acids is 2. The van der Waals surface area contributed by atoms with Crippen LogP contribution in [0.4, 0.5) is 15.4 Å². The molecule has 4 aromatic carbocycles. The number of H-pyrrole nitrogens is 3. The largest absolute Gasteiger partial charge is 0.472 e. The van der Waals surface area contributed by atoms with Gasteiger partial charge in [0.2, 0.25) is 0 Å². The number of hydrogen-bond acceptors (Lipinski definition) is 23. The van der Waals surface area contributed by atoms with Gasteiger partial charge in [-0.3, -0.25) is 0 Å². The molecule has 8 N–H and O–H groups in total. The Kier molecular flexibility index (Phi) is 25.5. The van der Waals surface area contributed by atoms with Gasteiger partial charge < -0.3 is 69.8 Å². The number of carbonyl (C=O) groups is 2. The van der Waals surface area contributed by atoms with E-state index in [1.54, 1.807) is 66.1 Å². The average Bonchev–Trinajstić information content (AvgIpc) is 1.58. The van der Waals surface area contributed by atoms with Gasteiger partial charge in [0.15, 0.2) is 0 Å². The van der Waals surface area contributed by atoms with Crippen molar-refractivity contribution in [2.75, 3.05) is 125 Å². The van der Waals surface area contributed by atoms with Crippen LogP contribution in [-0.4, -0.2) is 232 Å². The van der Waals surface area contributed by atoms with Crippen molar-refractivity contribution < 1.29 is 49.8 Å². The van der Waals surface area contributed by atoms with Gasteiger partial charge in [-0.15, -0.1) is 0 Å². The molecule has 6 aliphatic heterocycles. The van der Waals surface area contributed by atoms with E-state index in [0.29, 0.717) is 61.6 Å². The maximum absolute atomic E-state index is 13.6. The van der Waals surface area contributed by atoms with E-state index >= 15 is 0 Å². The Hall–Kier alpha value is -9.34. The highest BCUT2D eigenvalue weighted by Gasteiger charge is 2.48. The Morgan fingerprint density at radius 3 is 1.55 bits per heavy atom. The third-order valence-electron chi connectivity index (χ3n) is 23.9. The maximum atomic E-state index is 13.6. The Morgan fingerprint density at radius 2 is 1.11 bits per heavy atom. The molecule has 2 unspecified atom stereocenters. The zero-order valence-electron chi connectivity index (χ0n) is 69.7. The van der Waals surface area contributed by atoms with Crippen molar-refractivity contribution in [2.24, 2.45) is 11.5 Å². The van der Waals surface area contributed by atoms with E-state index in [9.17, 15) is 36.9 Å². The number of nitrogens with one attached hydrogen (secondary N) is 4. The molecule has 6 saturated heterocycles. The standard InChI is InChI=1S/C24H28ClN5O5S.C23H27N7O.C20H25BrClN5O4S.C17H24N4O/c1-23(2,3)35-22(31)29-9-7-24(15-26,8-10-29)21-27-20-18(16-6-11-34-14-16)12-17(25)13-19(20)30(21)36(32,33)28(4)5;24-13-23(6-9-30(10-7-23)21-17-4-8-25-20(17)26-14-27-21)22-28-18-3-1-2-16(19(18)29-22)15-5-11-31-12-15;1-19(2,3)31-18(28)26-8-6-20(12-23,7-9-26)17-24-16-14(21)10-13(22)11-15(16)27(17)32(29,30)25(4)5;18-11-17(5-7-19-8-6-17)16-20-14-3-1-2-13(15(14)21-16)12-4-9-22-10-12/h6,11-14H,7-10H2,1-5H3;1-4,8,14-15H,5-7,9-13,24H2,(H,28,29)(H,25,26,27);10-11H,6-9H2,1-5H3;1-3,12,19H,4-11,18H2,(H,20,21). The molecule has 0 aliphatic carbocycles. The lowest BCUT2D eigenvalue weighted by Crippen LogP contribution is -2.48. The molecule has 11 aromatic rings. The maximum Gasteiger partial charge on any atom is 0.410 e. The number of nitrogens with two attached hydrogens (primary N) is 2. The van der Waals surface area contributed by atoms with Gasteiger partial charge in [0.1, 0.15) is 68.6 Å². The molecular formula is C84H104BrCl2N21O11S2. The van der Waals surface area contributed by atoms with Gasteiger partial charge in [-0.1, -0.05) is 47.5 Å². The monoisotopic (exact) mass is 1800 g/mol. The number of furan rings is 1. The number of ether oxygens (including phenoxy) is 4. The van der Waals surface area contributed by atoms with E-state index in [4.69, 9.17) is 73.0 Å². The highest BCUT2D eigenvalue weighted by atomic mass is 79.9. The Morgan fingerprint density at radius 1 is 0.628 bits per heavy atom. The van der Waals surface area contributed by atoms with E-state index < -0.39 is 54.6 Å². The second kappa shape index (κ2) is 35.1. The van der Waals surface area contributed by atoms with Crippen LogP contribution in [0.1, 0.15) is 152 Å². The lowest BCUT2D eigenvalue weighted by molar-refractivity contribution is 0.0172. The highest BCUT2D eigenvalue weighted by Crippen LogP contribution is 2.45. The summed E-state index contributed by atoms with van der Waals surface area (Å²) in [5.74, 6) is 4.17. The molecule has 17 rings (SSSR count). The Labute approximate surface area is 721 Å². The molecule has 32 nitrogen and oxygen atoms in total. The molecule has 6 aliphatic rings. The SMILES string of the molecule is CN(C)S(=O)(=O)n1c(C2(C#N)CCN(C(=O)OC(C)(C)C)CC2)nc2c(-c3ccoc3)cc(Cl)cc21.CN(C)S(=O)(=O)n1c(C2(C#N)CCN(C(=O)OC(C)(C)C)CC2)nc2c(Br)cc(Cl)cc21.NCC1(c2nc3c(C4CCOC4)cccc3[nH]2)CCN(c2ncnc3[nH]ccc23)CC1.NCC1(c2nc3c(C4CCOC4)cccc3[nH]2)CCNCC1. The number of nitrogens with zero attached hydrogens (tertiary/aromatic N) is 15. The molecule has 0 saturated carbocycles. The summed E-state index contributed by atoms with van der Waals surface area (Å²) < 4.78 is 85.8. The number of aromatic amines is 3. The van der Waals surface area contributed by atoms with Crippen LogP contribution >= 0.6 is 39.1 Å². The lowest BCUT2D eigenvalue weighted by atomic mass is 9.77. The quantitative estimate of drug-likeness (QED) is 0.0589. The first-order valence-electron chi connectivity index (χ1n) is 40.7. The number of piperidine rings is 4. The van der Waals surface area contributed by atoms with Crippen molar-refractivity contribution in [1.82, 2.24) is 76.5 Å². The van der Waals surface area contributed by atoms with E-state index in [0.717, 1.165) is 158 Å². The zero-order valence-corrected chi connectivity index (χ0v) is 74.4. The van der Waals surface area contributed by atoms with Crippen LogP contribution < -0.4 is 21.7 Å². The second-order valence-corrected chi connectivity index (χ2v) is 40.0. The first-order chi connectivity index (χ1) is 57.6. The number of fused-ring (bicyclic) bond motifs is 5. The van der Waals surface area contributed by atoms with Gasteiger partial charge in [-0.25, -0.2) is 47.4 Å². The first kappa shape index (κ1) is 88.0. The van der Waals surface area contributed by atoms with Crippen LogP contribution in [0, 0.1) is 22.7 Å². The number of para-hydroxylation sites is 2. The van der Waals surface area contributed by atoms with Crippen LogP contribution in [0.2, 0.25) is 10.0 Å². The molecule has 0 spiro atoms. The highest BCUT2D eigenvalue weighted by molar-refractivity contribution is 9.10. The molecule has 644 valence electrons. The van der Waals surface area contributed by atoms with Gasteiger partial charge in [0.05, 0.1) is 81.9 Å². The zero-order chi connectivity index (χ0) is 86.4. The number of aromatic nitrogens is 11. The molecule has 121 heavy (non-hydrogen) atoms. The minimum atomic E-state index is -4.10. The fourth-order valence-electron chi connectivity index (χ4n) is 16.9. The molecular weight excluding hydrogens is 1690 g/mol. The average molecular weight is 1800 g/mol. The summed E-state index contributed by atoms with van der Waals surface area (Å²) in [6, 6.07) is 27.6. The minimum Gasteiger partial charge on any atom is -0.472 e. The number of hydrogen-bond donors (Lipinski definition) is 6. The van der Waals surface area contributed by atoms with Crippen LogP contribution in [0.3, 0.4) is 0 Å². The number of halogens is 3. The van der Waals surface area contributed by atoms with Crippen molar-refractivity contribution >= 4 is 133 Å². The summed E-state index contributed by atoms with van der Waals surface area (Å²) in [5, 5.41) is 25.7. The first-order valence-corrected chi connectivity index (χ1v) is 45.0. The summed E-state index contributed by atoms with van der Waals surface area (Å²) in [6.07, 6.45) is 12.5. The fourth-order valence-corrected chi connectivity index (χ4v) is 20.3. The second-order valence-electron chi connectivity index (χ2n) is 34.3. The van der Waals surface area contributed by atoms with E-state index in [1.165, 1.54) is 73.8 Å². The van der Waals surface area contributed by atoms with E-state index in [2.05, 4.69) is 105 Å². The summed E-state index contributed by atoms with van der Waals surface area (Å²) >= 11 is 16.0. The van der Waals surface area contributed by atoms with Crippen LogP contribution in [0.5, 0.6) is 0 Å². The molecule has 13 heterocycles. The van der Waals surface area contributed by atoms with Crippen molar-refractivity contribution in [3.8, 4) is 23.3 Å². The minimum absolute atomic E-state index is 0.00623. The van der Waals surface area contributed by atoms with Crippen molar-refractivity contribution in [1.29, 1.82) is 10.5 Å². The van der Waals surface area contributed by atoms with E-state index in [1.807, 2.05) is 12.3 Å². The fraction of sp³-hybridized carbons (Fsp3) is 0.500. The Bertz CT molecular complexity index is 5940. The lowest BCUT2D eigenvalue weighted by Gasteiger charge is -2.40. The summed E-state index contributed by atoms with van der Waals surface area (Å²) in [5.41, 5.74) is 19.1. The van der Waals surface area contributed by atoms with Crippen LogP contribution in [-0.2, 0) is 61.0 Å². The number of rotatable bonds is 14. The molecule has 6 fully saturated rings. The Balaban J connectivity index is 0.000000133. The van der Waals surface area contributed by atoms with Gasteiger partial charge in [-0.05, 0) is 194 Å². The molecule has 2 amide bonds. The normalized spacial score (nSPS) is 19.3. The van der Waals surface area contributed by atoms with Crippen molar-refractivity contribution in [3.63, 3.8) is 0 Å².